The number of halogens is 1. The molecule has 4 aromatic rings. The summed E-state index contributed by atoms with van der Waals surface area (Å²) in [5.74, 6) is 0.302. The molecular weight excluding hydrogens is 422 g/mol. The number of amides is 1. The van der Waals surface area contributed by atoms with Gasteiger partial charge in [-0.05, 0) is 35.9 Å². The maximum absolute atomic E-state index is 12.7. The Bertz CT molecular complexity index is 1170. The number of nitrogens with one attached hydrogen (secondary N) is 1. The molecule has 28 heavy (non-hydrogen) atoms. The summed E-state index contributed by atoms with van der Waals surface area (Å²) in [5.41, 5.74) is 1.21. The van der Waals surface area contributed by atoms with Crippen molar-refractivity contribution in [1.29, 1.82) is 0 Å². The molecule has 0 bridgehead atoms. The van der Waals surface area contributed by atoms with Crippen LogP contribution in [0.4, 0.5) is 0 Å². The van der Waals surface area contributed by atoms with Gasteiger partial charge in [-0.25, -0.2) is 4.98 Å². The second-order valence-electron chi connectivity index (χ2n) is 6.27. The SMILES string of the molecule is O=C(Cn1cnc2ccc(Br)cc2c1=O)NC(c1ccccc1)c1ccco1. The number of nitrogens with zero attached hydrogens (tertiary/aromatic N) is 2. The number of carbonyl (C=O) groups excluding carboxylic acids is 1. The summed E-state index contributed by atoms with van der Waals surface area (Å²) in [7, 11) is 0. The van der Waals surface area contributed by atoms with Crippen LogP contribution in [0.3, 0.4) is 0 Å². The van der Waals surface area contributed by atoms with Crippen molar-refractivity contribution in [3.8, 4) is 0 Å². The Morgan fingerprint density at radius 3 is 2.71 bits per heavy atom. The van der Waals surface area contributed by atoms with Gasteiger partial charge >= 0.3 is 0 Å². The number of hydrogen-bond donors (Lipinski definition) is 1. The van der Waals surface area contributed by atoms with E-state index in [-0.39, 0.29) is 18.0 Å². The van der Waals surface area contributed by atoms with Gasteiger partial charge in [0.25, 0.3) is 5.56 Å². The van der Waals surface area contributed by atoms with Crippen LogP contribution >= 0.6 is 15.9 Å². The molecule has 0 aliphatic carbocycles. The molecule has 0 spiro atoms. The number of rotatable bonds is 5. The zero-order valence-electron chi connectivity index (χ0n) is 14.7. The Morgan fingerprint density at radius 2 is 1.96 bits per heavy atom. The van der Waals surface area contributed by atoms with Crippen molar-refractivity contribution in [2.24, 2.45) is 0 Å². The van der Waals surface area contributed by atoms with Gasteiger partial charge in [0.2, 0.25) is 5.91 Å². The van der Waals surface area contributed by atoms with Gasteiger partial charge in [0, 0.05) is 4.47 Å². The highest BCUT2D eigenvalue weighted by Gasteiger charge is 2.20. The first kappa shape index (κ1) is 18.2. The van der Waals surface area contributed by atoms with E-state index in [2.05, 4.69) is 26.2 Å². The Kier molecular flexibility index (Phi) is 5.08. The highest BCUT2D eigenvalue weighted by molar-refractivity contribution is 9.10. The van der Waals surface area contributed by atoms with Crippen LogP contribution in [0.1, 0.15) is 17.4 Å². The molecule has 1 atom stereocenters. The lowest BCUT2D eigenvalue weighted by Crippen LogP contribution is -2.35. The van der Waals surface area contributed by atoms with Crippen LogP contribution in [0.15, 0.2) is 86.9 Å². The minimum absolute atomic E-state index is 0.141. The van der Waals surface area contributed by atoms with Crippen molar-refractivity contribution in [3.05, 3.63) is 99.4 Å². The average molecular weight is 438 g/mol. The second kappa shape index (κ2) is 7.82. The Morgan fingerprint density at radius 1 is 1.14 bits per heavy atom. The van der Waals surface area contributed by atoms with Crippen molar-refractivity contribution < 1.29 is 9.21 Å². The van der Waals surface area contributed by atoms with Crippen LogP contribution in [0, 0.1) is 0 Å². The van der Waals surface area contributed by atoms with E-state index in [9.17, 15) is 9.59 Å². The quantitative estimate of drug-likeness (QED) is 0.516. The van der Waals surface area contributed by atoms with Crippen molar-refractivity contribution in [3.63, 3.8) is 0 Å². The average Bonchev–Trinajstić information content (AvgIpc) is 3.24. The molecule has 2 aromatic carbocycles. The zero-order valence-corrected chi connectivity index (χ0v) is 16.3. The van der Waals surface area contributed by atoms with Crippen molar-refractivity contribution >= 4 is 32.7 Å². The molecule has 1 N–H and O–H groups in total. The van der Waals surface area contributed by atoms with E-state index in [0.29, 0.717) is 16.7 Å². The standard InChI is InChI=1S/C21H16BrN3O3/c22-15-8-9-17-16(11-15)21(27)25(13-23-17)12-19(26)24-20(18-7-4-10-28-18)14-5-2-1-3-6-14/h1-11,13,20H,12H2,(H,24,26). The summed E-state index contributed by atoms with van der Waals surface area (Å²) in [6.07, 6.45) is 2.95. The lowest BCUT2D eigenvalue weighted by molar-refractivity contribution is -0.122. The van der Waals surface area contributed by atoms with Crippen LogP contribution < -0.4 is 10.9 Å². The predicted molar refractivity (Wildman–Crippen MR) is 109 cm³/mol. The highest BCUT2D eigenvalue weighted by Crippen LogP contribution is 2.22. The van der Waals surface area contributed by atoms with E-state index >= 15 is 0 Å². The van der Waals surface area contributed by atoms with E-state index in [1.54, 1.807) is 30.5 Å². The number of fused-ring (bicyclic) bond motifs is 1. The maximum Gasteiger partial charge on any atom is 0.261 e. The van der Waals surface area contributed by atoms with Crippen LogP contribution in [-0.2, 0) is 11.3 Å². The molecule has 7 heteroatoms. The predicted octanol–water partition coefficient (Wildman–Crippen LogP) is 3.66. The molecule has 1 unspecified atom stereocenters. The van der Waals surface area contributed by atoms with Crippen molar-refractivity contribution in [2.45, 2.75) is 12.6 Å². The Labute approximate surface area is 169 Å². The van der Waals surface area contributed by atoms with E-state index < -0.39 is 6.04 Å². The summed E-state index contributed by atoms with van der Waals surface area (Å²) in [5, 5.41) is 3.40. The minimum atomic E-state index is -0.443. The third-order valence-corrected chi connectivity index (χ3v) is 4.86. The van der Waals surface area contributed by atoms with E-state index in [4.69, 9.17) is 4.42 Å². The van der Waals surface area contributed by atoms with Gasteiger partial charge in [0.05, 0.1) is 23.5 Å². The van der Waals surface area contributed by atoms with E-state index in [0.717, 1.165) is 10.0 Å². The third-order valence-electron chi connectivity index (χ3n) is 4.37. The third kappa shape index (κ3) is 3.75. The monoisotopic (exact) mass is 437 g/mol. The first-order chi connectivity index (χ1) is 13.6. The minimum Gasteiger partial charge on any atom is -0.467 e. The largest absolute Gasteiger partial charge is 0.467 e. The fourth-order valence-electron chi connectivity index (χ4n) is 3.02. The van der Waals surface area contributed by atoms with Gasteiger partial charge in [-0.3, -0.25) is 14.2 Å². The van der Waals surface area contributed by atoms with Crippen LogP contribution in [-0.4, -0.2) is 15.5 Å². The molecule has 1 amide bonds. The fourth-order valence-corrected chi connectivity index (χ4v) is 3.39. The molecule has 0 saturated carbocycles. The van der Waals surface area contributed by atoms with E-state index in [1.165, 1.54) is 10.9 Å². The molecule has 4 rings (SSSR count). The smallest absolute Gasteiger partial charge is 0.261 e. The summed E-state index contributed by atoms with van der Waals surface area (Å²) < 4.78 is 7.58. The van der Waals surface area contributed by atoms with Gasteiger partial charge < -0.3 is 9.73 Å². The van der Waals surface area contributed by atoms with Gasteiger partial charge in [0.15, 0.2) is 0 Å². The first-order valence-corrected chi connectivity index (χ1v) is 9.43. The van der Waals surface area contributed by atoms with Gasteiger partial charge in [0.1, 0.15) is 18.3 Å². The van der Waals surface area contributed by atoms with Gasteiger partial charge in [-0.1, -0.05) is 46.3 Å². The Hall–Kier alpha value is -3.19. The van der Waals surface area contributed by atoms with Gasteiger partial charge in [-0.15, -0.1) is 0 Å². The summed E-state index contributed by atoms with van der Waals surface area (Å²) >= 11 is 3.36. The number of aromatic nitrogens is 2. The number of benzene rings is 2. The fraction of sp³-hybridized carbons (Fsp3) is 0.0952. The molecule has 0 fully saturated rings. The topological polar surface area (TPSA) is 77.1 Å². The highest BCUT2D eigenvalue weighted by atomic mass is 79.9. The number of hydrogen-bond acceptors (Lipinski definition) is 4. The zero-order chi connectivity index (χ0) is 19.5. The van der Waals surface area contributed by atoms with Gasteiger partial charge in [-0.2, -0.15) is 0 Å². The molecule has 2 heterocycles. The second-order valence-corrected chi connectivity index (χ2v) is 7.18. The maximum atomic E-state index is 12.7. The molecule has 6 nitrogen and oxygen atoms in total. The summed E-state index contributed by atoms with van der Waals surface area (Å²) in [6, 6.07) is 17.9. The van der Waals surface area contributed by atoms with Crippen LogP contribution in [0.25, 0.3) is 10.9 Å². The molecular formula is C21H16BrN3O3. The van der Waals surface area contributed by atoms with Crippen LogP contribution in [0.2, 0.25) is 0 Å². The molecule has 0 radical (unpaired) electrons. The molecule has 0 saturated heterocycles. The molecule has 140 valence electrons. The summed E-state index contributed by atoms with van der Waals surface area (Å²) in [6.45, 7) is -0.141. The molecule has 0 aliphatic rings. The number of carbonyl (C=O) groups is 1. The summed E-state index contributed by atoms with van der Waals surface area (Å²) in [4.78, 5) is 29.7. The molecule has 0 aliphatic heterocycles. The lowest BCUT2D eigenvalue weighted by atomic mass is 10.0. The van der Waals surface area contributed by atoms with Crippen molar-refractivity contribution in [2.75, 3.05) is 0 Å². The number of furan rings is 1. The van der Waals surface area contributed by atoms with E-state index in [1.807, 2.05) is 36.4 Å². The normalized spacial score (nSPS) is 12.0. The van der Waals surface area contributed by atoms with Crippen LogP contribution in [0.5, 0.6) is 0 Å². The first-order valence-electron chi connectivity index (χ1n) is 8.64. The lowest BCUT2D eigenvalue weighted by Gasteiger charge is -2.17. The Balaban J connectivity index is 1.60. The molecule has 2 aromatic heterocycles. The van der Waals surface area contributed by atoms with Crippen molar-refractivity contribution in [1.82, 2.24) is 14.9 Å².